The first kappa shape index (κ1) is 20.4. The predicted octanol–water partition coefficient (Wildman–Crippen LogP) is -0.551. The first-order chi connectivity index (χ1) is 12.2. The molecule has 1 fully saturated rings. The zero-order valence-electron chi connectivity index (χ0n) is 15.2. The number of sulfonamides is 1. The lowest BCUT2D eigenvalue weighted by molar-refractivity contribution is -0.122. The van der Waals surface area contributed by atoms with Crippen LogP contribution >= 0.6 is 0 Å². The lowest BCUT2D eigenvalue weighted by atomic mass is 9.87. The van der Waals surface area contributed by atoms with Crippen LogP contribution in [0.25, 0.3) is 0 Å². The van der Waals surface area contributed by atoms with Crippen LogP contribution in [0, 0.1) is 5.92 Å². The largest absolute Gasteiger partial charge is 0.355 e. The Kier molecular flexibility index (Phi) is 6.76. The fourth-order valence-electron chi connectivity index (χ4n) is 3.15. The predicted molar refractivity (Wildman–Crippen MR) is 96.3 cm³/mol. The van der Waals surface area contributed by atoms with Gasteiger partial charge in [-0.2, -0.15) is 0 Å². The fraction of sp³-hybridized carbons (Fsp3) is 0.688. The maximum atomic E-state index is 12.3. The Balaban J connectivity index is 1.88. The van der Waals surface area contributed by atoms with Gasteiger partial charge in [-0.3, -0.25) is 14.2 Å². The van der Waals surface area contributed by atoms with E-state index in [1.54, 1.807) is 0 Å². The molecular weight excluding hydrogens is 360 g/mol. The molecule has 1 aromatic rings. The van der Waals surface area contributed by atoms with Crippen molar-refractivity contribution in [2.24, 2.45) is 20.0 Å². The molecule has 10 heteroatoms. The molecule has 26 heavy (non-hydrogen) atoms. The van der Waals surface area contributed by atoms with Crippen molar-refractivity contribution < 1.29 is 13.2 Å². The van der Waals surface area contributed by atoms with Gasteiger partial charge in [0, 0.05) is 39.8 Å². The van der Waals surface area contributed by atoms with Crippen LogP contribution in [-0.4, -0.2) is 36.5 Å². The molecule has 146 valence electrons. The summed E-state index contributed by atoms with van der Waals surface area (Å²) in [5.74, 6) is 0.322. The molecule has 0 aromatic carbocycles. The number of aromatic nitrogens is 2. The van der Waals surface area contributed by atoms with Gasteiger partial charge in [-0.25, -0.2) is 17.9 Å². The summed E-state index contributed by atoms with van der Waals surface area (Å²) in [7, 11) is -1.49. The second kappa shape index (κ2) is 8.63. The van der Waals surface area contributed by atoms with E-state index < -0.39 is 26.2 Å². The molecule has 0 atom stereocenters. The third-order valence-electron chi connectivity index (χ3n) is 4.64. The van der Waals surface area contributed by atoms with Gasteiger partial charge in [0.05, 0.1) is 0 Å². The van der Waals surface area contributed by atoms with Crippen molar-refractivity contribution in [3.8, 4) is 0 Å². The molecule has 0 aliphatic heterocycles. The molecule has 0 unspecified atom stereocenters. The van der Waals surface area contributed by atoms with E-state index in [4.69, 9.17) is 0 Å². The monoisotopic (exact) mass is 386 g/mol. The molecule has 1 aromatic heterocycles. The lowest BCUT2D eigenvalue weighted by Gasteiger charge is -2.20. The first-order valence-corrected chi connectivity index (χ1v) is 10.2. The summed E-state index contributed by atoms with van der Waals surface area (Å²) in [6.07, 6.45) is 7.14. The van der Waals surface area contributed by atoms with Crippen molar-refractivity contribution in [3.05, 3.63) is 27.0 Å². The van der Waals surface area contributed by atoms with Gasteiger partial charge in [-0.1, -0.05) is 19.3 Å². The molecule has 2 rings (SSSR count). The van der Waals surface area contributed by atoms with Crippen molar-refractivity contribution >= 4 is 15.9 Å². The Morgan fingerprint density at radius 1 is 1.15 bits per heavy atom. The first-order valence-electron chi connectivity index (χ1n) is 8.75. The molecule has 0 saturated heterocycles. The van der Waals surface area contributed by atoms with E-state index in [9.17, 15) is 22.8 Å². The molecule has 0 spiro atoms. The van der Waals surface area contributed by atoms with E-state index in [2.05, 4.69) is 10.0 Å². The molecule has 9 nitrogen and oxygen atoms in total. The van der Waals surface area contributed by atoms with Crippen molar-refractivity contribution in [1.82, 2.24) is 19.2 Å². The number of amides is 1. The van der Waals surface area contributed by atoms with Gasteiger partial charge in [-0.15, -0.1) is 0 Å². The number of nitrogens with zero attached hydrogens (tertiary/aromatic N) is 2. The standard InChI is InChI=1S/C16H26N4O5S/c1-19-11-13(15(22)20(2)16(19)23)26(24,25)18-9-8-17-14(21)10-12-6-4-3-5-7-12/h11-12,18H,3-10H2,1-2H3,(H,17,21). The summed E-state index contributed by atoms with van der Waals surface area (Å²) >= 11 is 0. The van der Waals surface area contributed by atoms with E-state index in [0.717, 1.165) is 41.0 Å². The van der Waals surface area contributed by atoms with Gasteiger partial charge in [0.25, 0.3) is 5.56 Å². The van der Waals surface area contributed by atoms with Gasteiger partial charge in [-0.05, 0) is 18.8 Å². The number of nitrogens with one attached hydrogen (secondary N) is 2. The minimum Gasteiger partial charge on any atom is -0.355 e. The summed E-state index contributed by atoms with van der Waals surface area (Å²) in [4.78, 5) is 35.0. The highest BCUT2D eigenvalue weighted by atomic mass is 32.2. The van der Waals surface area contributed by atoms with Gasteiger partial charge in [0.2, 0.25) is 15.9 Å². The molecule has 0 bridgehead atoms. The van der Waals surface area contributed by atoms with E-state index in [-0.39, 0.29) is 19.0 Å². The number of carbonyl (C=O) groups is 1. The van der Waals surface area contributed by atoms with Crippen molar-refractivity contribution in [3.63, 3.8) is 0 Å². The molecule has 1 aliphatic rings. The molecule has 0 radical (unpaired) electrons. The van der Waals surface area contributed by atoms with Crippen LogP contribution in [0.3, 0.4) is 0 Å². The second-order valence-electron chi connectivity index (χ2n) is 6.71. The average molecular weight is 386 g/mol. The third-order valence-corrected chi connectivity index (χ3v) is 6.09. The van der Waals surface area contributed by atoms with Crippen LogP contribution in [0.1, 0.15) is 38.5 Å². The molecule has 1 amide bonds. The van der Waals surface area contributed by atoms with Crippen LogP contribution in [0.15, 0.2) is 20.7 Å². The van der Waals surface area contributed by atoms with E-state index in [0.29, 0.717) is 12.3 Å². The van der Waals surface area contributed by atoms with Crippen molar-refractivity contribution in [1.29, 1.82) is 0 Å². The zero-order valence-corrected chi connectivity index (χ0v) is 16.0. The molecule has 1 saturated carbocycles. The van der Waals surface area contributed by atoms with Gasteiger partial charge >= 0.3 is 5.69 Å². The maximum absolute atomic E-state index is 12.3. The Hall–Kier alpha value is -1.94. The summed E-state index contributed by atoms with van der Waals surface area (Å²) in [6, 6.07) is 0. The molecular formula is C16H26N4O5S. The quantitative estimate of drug-likeness (QED) is 0.610. The van der Waals surface area contributed by atoms with Crippen LogP contribution in [0.2, 0.25) is 0 Å². The summed E-state index contributed by atoms with van der Waals surface area (Å²) in [5.41, 5.74) is -1.49. The zero-order chi connectivity index (χ0) is 19.3. The highest BCUT2D eigenvalue weighted by Crippen LogP contribution is 2.25. The van der Waals surface area contributed by atoms with Gasteiger partial charge < -0.3 is 9.88 Å². The van der Waals surface area contributed by atoms with Crippen LogP contribution < -0.4 is 21.3 Å². The smallest absolute Gasteiger partial charge is 0.330 e. The topological polar surface area (TPSA) is 119 Å². The summed E-state index contributed by atoms with van der Waals surface area (Å²) in [5, 5.41) is 2.70. The van der Waals surface area contributed by atoms with Crippen LogP contribution in [0.4, 0.5) is 0 Å². The van der Waals surface area contributed by atoms with E-state index in [1.165, 1.54) is 20.5 Å². The Morgan fingerprint density at radius 3 is 2.46 bits per heavy atom. The second-order valence-corrected chi connectivity index (χ2v) is 8.44. The molecule has 2 N–H and O–H groups in total. The summed E-state index contributed by atoms with van der Waals surface area (Å²) in [6.45, 7) is 0.0988. The number of aryl methyl sites for hydroxylation is 1. The van der Waals surface area contributed by atoms with Gasteiger partial charge in [0.15, 0.2) is 4.90 Å². The Bertz CT molecular complexity index is 866. The summed E-state index contributed by atoms with van der Waals surface area (Å²) < 4.78 is 28.6. The number of carbonyl (C=O) groups excluding carboxylic acids is 1. The third kappa shape index (κ3) is 5.04. The highest BCUT2D eigenvalue weighted by Gasteiger charge is 2.21. The van der Waals surface area contributed by atoms with Crippen molar-refractivity contribution in [2.75, 3.05) is 13.1 Å². The maximum Gasteiger partial charge on any atom is 0.330 e. The minimum absolute atomic E-state index is 0.0370. The number of hydrogen-bond acceptors (Lipinski definition) is 5. The molecule has 1 heterocycles. The minimum atomic E-state index is -4.07. The van der Waals surface area contributed by atoms with Gasteiger partial charge in [0.1, 0.15) is 0 Å². The highest BCUT2D eigenvalue weighted by molar-refractivity contribution is 7.89. The average Bonchev–Trinajstić information content (AvgIpc) is 2.61. The normalized spacial score (nSPS) is 15.8. The van der Waals surface area contributed by atoms with Crippen LogP contribution in [-0.2, 0) is 28.9 Å². The Morgan fingerprint density at radius 2 is 1.81 bits per heavy atom. The molecule has 1 aliphatic carbocycles. The van der Waals surface area contributed by atoms with Crippen molar-refractivity contribution in [2.45, 2.75) is 43.4 Å². The lowest BCUT2D eigenvalue weighted by Crippen LogP contribution is -2.42. The number of hydrogen-bond donors (Lipinski definition) is 2. The van der Waals surface area contributed by atoms with E-state index in [1.807, 2.05) is 0 Å². The number of rotatable bonds is 7. The van der Waals surface area contributed by atoms with Crippen LogP contribution in [0.5, 0.6) is 0 Å². The van der Waals surface area contributed by atoms with E-state index >= 15 is 0 Å². The Labute approximate surface area is 152 Å². The fourth-order valence-corrected chi connectivity index (χ4v) is 4.34. The SMILES string of the molecule is Cn1cc(S(=O)(=O)NCCNC(=O)CC2CCCCC2)c(=O)n(C)c1=O.